The topological polar surface area (TPSA) is 209 Å². The number of aromatic nitrogens is 5. The molecular formula is C39H46ClN11O5. The summed E-state index contributed by atoms with van der Waals surface area (Å²) in [5.74, 6) is 0.591. The molecule has 0 aliphatic rings. The molecule has 0 spiro atoms. The van der Waals surface area contributed by atoms with Crippen molar-refractivity contribution >= 4 is 67.7 Å². The Balaban J connectivity index is 0.880. The number of nitrogens with zero attached hydrogens (tertiary/aromatic N) is 6. The summed E-state index contributed by atoms with van der Waals surface area (Å²) in [5, 5.41) is 24.1. The molecule has 17 heteroatoms. The molecule has 294 valence electrons. The summed E-state index contributed by atoms with van der Waals surface area (Å²) in [6, 6.07) is 17.0. The number of nitro groups is 1. The number of hydrogen-bond donors (Lipinski definition) is 5. The number of unbranched alkanes of at least 4 members (excludes halogenated alkanes) is 3. The average molecular weight is 784 g/mol. The number of hydroxylamine groups is 1. The van der Waals surface area contributed by atoms with Crippen LogP contribution < -0.4 is 31.9 Å². The SMILES string of the molecule is Nc1ncnc2c1ncn2CCNCCCNCCCNc1c2ccc(Cl)cc2nc2ccc(OCCCCCCNOC(=O)c3ccc([N+](=O)[O-])cc3)cc12. The number of halogens is 1. The second kappa shape index (κ2) is 20.3. The summed E-state index contributed by atoms with van der Waals surface area (Å²) in [6.07, 6.45) is 8.73. The van der Waals surface area contributed by atoms with Crippen molar-refractivity contribution in [3.63, 3.8) is 0 Å². The Morgan fingerprint density at radius 3 is 2.43 bits per heavy atom. The normalized spacial score (nSPS) is 11.4. The van der Waals surface area contributed by atoms with Crippen LogP contribution in [0.15, 0.2) is 73.3 Å². The maximum Gasteiger partial charge on any atom is 0.356 e. The zero-order valence-electron chi connectivity index (χ0n) is 31.0. The number of imidazole rings is 1. The van der Waals surface area contributed by atoms with Gasteiger partial charge in [-0.3, -0.25) is 10.1 Å². The summed E-state index contributed by atoms with van der Waals surface area (Å²) >= 11 is 6.33. The van der Waals surface area contributed by atoms with Gasteiger partial charge in [0.1, 0.15) is 17.6 Å². The molecule has 0 bridgehead atoms. The first-order chi connectivity index (χ1) is 27.4. The number of ether oxygens (including phenoxy) is 1. The smallest absolute Gasteiger partial charge is 0.356 e. The van der Waals surface area contributed by atoms with E-state index >= 15 is 0 Å². The van der Waals surface area contributed by atoms with Crippen molar-refractivity contribution in [1.29, 1.82) is 0 Å². The minimum absolute atomic E-state index is 0.0821. The first-order valence-corrected chi connectivity index (χ1v) is 19.2. The number of nitrogens with one attached hydrogen (secondary N) is 4. The highest BCUT2D eigenvalue weighted by atomic mass is 35.5. The lowest BCUT2D eigenvalue weighted by atomic mass is 10.1. The lowest BCUT2D eigenvalue weighted by Gasteiger charge is -2.15. The summed E-state index contributed by atoms with van der Waals surface area (Å²) in [7, 11) is 0. The third-order valence-corrected chi connectivity index (χ3v) is 9.36. The number of fused-ring (bicyclic) bond motifs is 3. The molecule has 0 fully saturated rings. The van der Waals surface area contributed by atoms with Gasteiger partial charge in [-0.05, 0) is 93.8 Å². The zero-order chi connectivity index (χ0) is 39.1. The fourth-order valence-electron chi connectivity index (χ4n) is 6.19. The molecule has 6 N–H and O–H groups in total. The lowest BCUT2D eigenvalue weighted by molar-refractivity contribution is -0.384. The van der Waals surface area contributed by atoms with Gasteiger partial charge in [-0.25, -0.2) is 24.7 Å². The van der Waals surface area contributed by atoms with Crippen molar-refractivity contribution in [2.75, 3.05) is 56.9 Å². The van der Waals surface area contributed by atoms with E-state index in [1.807, 2.05) is 41.0 Å². The Bertz CT molecular complexity index is 2240. The maximum atomic E-state index is 12.1. The number of nitro benzene ring substituents is 1. The van der Waals surface area contributed by atoms with Crippen molar-refractivity contribution in [3.05, 3.63) is 94.0 Å². The van der Waals surface area contributed by atoms with Crippen LogP contribution in [0.25, 0.3) is 33.0 Å². The summed E-state index contributed by atoms with van der Waals surface area (Å²) in [6.45, 7) is 6.13. The Morgan fingerprint density at radius 1 is 0.821 bits per heavy atom. The molecule has 3 heterocycles. The van der Waals surface area contributed by atoms with Crippen LogP contribution in [-0.2, 0) is 11.4 Å². The largest absolute Gasteiger partial charge is 0.494 e. The fraction of sp³-hybridized carbons (Fsp3) is 0.359. The minimum atomic E-state index is -0.585. The van der Waals surface area contributed by atoms with E-state index in [0.29, 0.717) is 29.5 Å². The molecule has 0 saturated carbocycles. The molecule has 3 aromatic carbocycles. The first kappa shape index (κ1) is 40.0. The second-order valence-electron chi connectivity index (χ2n) is 13.2. The Labute approximate surface area is 328 Å². The van der Waals surface area contributed by atoms with Gasteiger partial charge in [0.05, 0.1) is 40.1 Å². The highest BCUT2D eigenvalue weighted by molar-refractivity contribution is 6.31. The molecule has 0 unspecified atom stereocenters. The molecule has 3 aromatic heterocycles. The van der Waals surface area contributed by atoms with Crippen molar-refractivity contribution in [2.45, 2.75) is 45.1 Å². The zero-order valence-corrected chi connectivity index (χ0v) is 31.8. The van der Waals surface area contributed by atoms with E-state index in [-0.39, 0.29) is 11.3 Å². The van der Waals surface area contributed by atoms with Crippen molar-refractivity contribution in [2.24, 2.45) is 0 Å². The standard InChI is InChI=1S/C39H46ClN11O5/c40-28-9-13-31-34(23-28)49-33-14-12-30(55-22-4-2-1-3-19-48-56-39(52)27-7-10-29(11-8-27)51(53)54)24-32(33)35(31)44-18-6-17-42-15-5-16-43-20-21-50-26-47-36-37(41)45-25-46-38(36)50/h7-14,23-26,42-43,48H,1-6,15-22H2,(H,44,49)(H2,41,45,46). The summed E-state index contributed by atoms with van der Waals surface area (Å²) < 4.78 is 8.12. The van der Waals surface area contributed by atoms with Gasteiger partial charge in [0.15, 0.2) is 11.5 Å². The van der Waals surface area contributed by atoms with E-state index in [0.717, 1.165) is 117 Å². The Kier molecular flexibility index (Phi) is 14.5. The number of anilines is 2. The third kappa shape index (κ3) is 11.0. The van der Waals surface area contributed by atoms with Crippen LogP contribution in [0.3, 0.4) is 0 Å². The van der Waals surface area contributed by atoms with E-state index < -0.39 is 10.9 Å². The van der Waals surface area contributed by atoms with Crippen molar-refractivity contribution in [1.82, 2.24) is 40.6 Å². The number of carbonyl (C=O) groups is 1. The number of pyridine rings is 1. The van der Waals surface area contributed by atoms with Gasteiger partial charge >= 0.3 is 5.97 Å². The summed E-state index contributed by atoms with van der Waals surface area (Å²) in [4.78, 5) is 44.9. The number of benzene rings is 3. The van der Waals surface area contributed by atoms with Crippen molar-refractivity contribution in [3.8, 4) is 5.75 Å². The summed E-state index contributed by atoms with van der Waals surface area (Å²) in [5.41, 5.74) is 12.8. The highest BCUT2D eigenvalue weighted by Crippen LogP contribution is 2.34. The van der Waals surface area contributed by atoms with E-state index in [9.17, 15) is 14.9 Å². The van der Waals surface area contributed by atoms with Gasteiger partial charge in [0.25, 0.3) is 5.69 Å². The van der Waals surface area contributed by atoms with Gasteiger partial charge in [-0.1, -0.05) is 24.4 Å². The van der Waals surface area contributed by atoms with Gasteiger partial charge in [0, 0.05) is 54.1 Å². The molecule has 0 amide bonds. The average Bonchev–Trinajstić information content (AvgIpc) is 3.62. The van der Waals surface area contributed by atoms with Gasteiger partial charge in [-0.2, -0.15) is 5.48 Å². The Morgan fingerprint density at radius 2 is 1.61 bits per heavy atom. The van der Waals surface area contributed by atoms with Crippen LogP contribution in [0.4, 0.5) is 17.2 Å². The van der Waals surface area contributed by atoms with E-state index in [1.54, 1.807) is 6.33 Å². The van der Waals surface area contributed by atoms with Crippen LogP contribution >= 0.6 is 11.6 Å². The minimum Gasteiger partial charge on any atom is -0.494 e. The molecule has 0 atom stereocenters. The predicted octanol–water partition coefficient (Wildman–Crippen LogP) is 6.04. The third-order valence-electron chi connectivity index (χ3n) is 9.13. The number of carbonyl (C=O) groups excluding carboxylic acids is 1. The van der Waals surface area contributed by atoms with Crippen LogP contribution in [0, 0.1) is 10.1 Å². The molecule has 6 aromatic rings. The molecule has 0 aliphatic heterocycles. The first-order valence-electron chi connectivity index (χ1n) is 18.8. The molecule has 16 nitrogen and oxygen atoms in total. The van der Waals surface area contributed by atoms with Crippen LogP contribution in [0.1, 0.15) is 48.9 Å². The van der Waals surface area contributed by atoms with E-state index in [4.69, 9.17) is 31.9 Å². The number of nitrogens with two attached hydrogens (primary N) is 1. The fourth-order valence-corrected chi connectivity index (χ4v) is 6.36. The van der Waals surface area contributed by atoms with Crippen LogP contribution in [0.2, 0.25) is 5.02 Å². The van der Waals surface area contributed by atoms with E-state index in [2.05, 4.69) is 36.4 Å². The van der Waals surface area contributed by atoms with Gasteiger partial charge in [-0.15, -0.1) is 0 Å². The second-order valence-corrected chi connectivity index (χ2v) is 13.6. The predicted molar refractivity (Wildman–Crippen MR) is 218 cm³/mol. The van der Waals surface area contributed by atoms with Crippen molar-refractivity contribution < 1.29 is 19.3 Å². The van der Waals surface area contributed by atoms with Crippen LogP contribution in [0.5, 0.6) is 5.75 Å². The van der Waals surface area contributed by atoms with Gasteiger partial charge < -0.3 is 35.8 Å². The monoisotopic (exact) mass is 783 g/mol. The number of hydrogen-bond acceptors (Lipinski definition) is 14. The Hall–Kier alpha value is -5.68. The molecular weight excluding hydrogens is 738 g/mol. The molecule has 0 aliphatic carbocycles. The number of nitrogen functional groups attached to an aromatic ring is 1. The quantitative estimate of drug-likeness (QED) is 0.0217. The highest BCUT2D eigenvalue weighted by Gasteiger charge is 2.13. The number of non-ortho nitro benzene ring substituents is 1. The van der Waals surface area contributed by atoms with Crippen LogP contribution in [-0.4, -0.2) is 81.3 Å². The molecule has 0 saturated heterocycles. The van der Waals surface area contributed by atoms with E-state index in [1.165, 1.54) is 30.6 Å². The molecule has 0 radical (unpaired) electrons. The number of rotatable bonds is 23. The lowest BCUT2D eigenvalue weighted by Crippen LogP contribution is -2.25. The maximum absolute atomic E-state index is 12.1. The molecule has 6 rings (SSSR count). The van der Waals surface area contributed by atoms with Gasteiger partial charge in [0.2, 0.25) is 0 Å². The molecule has 56 heavy (non-hydrogen) atoms.